The Morgan fingerprint density at radius 3 is 2.32 bits per heavy atom. The first-order valence-electron chi connectivity index (χ1n) is 9.54. The van der Waals surface area contributed by atoms with Gasteiger partial charge in [0.05, 0.1) is 11.4 Å². The van der Waals surface area contributed by atoms with Crippen molar-refractivity contribution in [1.29, 1.82) is 0 Å². The zero-order valence-electron chi connectivity index (χ0n) is 16.7. The molecule has 1 heterocycles. The van der Waals surface area contributed by atoms with Crippen LogP contribution < -0.4 is 16.0 Å². The van der Waals surface area contributed by atoms with Crippen LogP contribution in [0.1, 0.15) is 46.5 Å². The molecule has 1 aliphatic rings. The largest absolute Gasteiger partial charge is 0.376 e. The fourth-order valence-electron chi connectivity index (χ4n) is 2.92. The Labute approximate surface area is 167 Å². The molecule has 0 spiro atoms. The number of imide groups is 1. The maximum Gasteiger partial charge on any atom is 0.321 e. The number of hydrogen-bond donors (Lipinski definition) is 3. The van der Waals surface area contributed by atoms with E-state index in [0.717, 1.165) is 25.7 Å². The topological polar surface area (TPSA) is 108 Å². The molecule has 8 nitrogen and oxygen atoms in total. The summed E-state index contributed by atoms with van der Waals surface area (Å²) in [6.45, 7) is 6.35. The van der Waals surface area contributed by atoms with Gasteiger partial charge in [0.25, 0.3) is 0 Å². The van der Waals surface area contributed by atoms with E-state index in [2.05, 4.69) is 16.0 Å². The van der Waals surface area contributed by atoms with Gasteiger partial charge in [-0.2, -0.15) is 4.31 Å². The third kappa shape index (κ3) is 6.79. The summed E-state index contributed by atoms with van der Waals surface area (Å²) in [5, 5.41) is 7.73. The predicted octanol–water partition coefficient (Wildman–Crippen LogP) is 2.29. The van der Waals surface area contributed by atoms with Gasteiger partial charge in [-0.1, -0.05) is 18.9 Å². The first-order valence-corrected chi connectivity index (χ1v) is 11.0. The lowest BCUT2D eigenvalue weighted by Crippen LogP contribution is -2.49. The lowest BCUT2D eigenvalue weighted by molar-refractivity contribution is -0.118. The molecule has 1 aromatic carbocycles. The minimum absolute atomic E-state index is 0.148. The number of rotatable bonds is 5. The van der Waals surface area contributed by atoms with Gasteiger partial charge < -0.3 is 10.6 Å². The Bertz CT molecular complexity index is 794. The second-order valence-electron chi connectivity index (χ2n) is 7.95. The molecule has 0 bridgehead atoms. The van der Waals surface area contributed by atoms with Crippen molar-refractivity contribution in [1.82, 2.24) is 14.9 Å². The van der Waals surface area contributed by atoms with Gasteiger partial charge in [-0.05, 0) is 51.8 Å². The van der Waals surface area contributed by atoms with E-state index in [9.17, 15) is 18.0 Å². The first kappa shape index (κ1) is 22.2. The minimum Gasteiger partial charge on any atom is -0.376 e. The highest BCUT2D eigenvalue weighted by Crippen LogP contribution is 2.22. The quantitative estimate of drug-likeness (QED) is 0.690. The highest BCUT2D eigenvalue weighted by molar-refractivity contribution is 7.89. The van der Waals surface area contributed by atoms with Crippen LogP contribution in [-0.4, -0.2) is 49.8 Å². The maximum absolute atomic E-state index is 12.9. The van der Waals surface area contributed by atoms with Crippen LogP contribution in [-0.2, 0) is 14.8 Å². The van der Waals surface area contributed by atoms with Gasteiger partial charge in [0.2, 0.25) is 15.9 Å². The summed E-state index contributed by atoms with van der Waals surface area (Å²) in [6.07, 6.45) is 3.83. The summed E-state index contributed by atoms with van der Waals surface area (Å²) in [5.41, 5.74) is 0.0515. The SMILES string of the molecule is CC(C)(C)NC(=O)NC(=O)CNc1cccc(S(=O)(=O)N2CCCCCC2)c1. The molecule has 1 fully saturated rings. The third-order valence-corrected chi connectivity index (χ3v) is 6.13. The fourth-order valence-corrected chi connectivity index (χ4v) is 4.49. The summed E-state index contributed by atoms with van der Waals surface area (Å²) in [6, 6.07) is 5.82. The van der Waals surface area contributed by atoms with Crippen LogP contribution in [0, 0.1) is 0 Å². The van der Waals surface area contributed by atoms with Crippen LogP contribution in [0.5, 0.6) is 0 Å². The number of benzene rings is 1. The minimum atomic E-state index is -3.56. The highest BCUT2D eigenvalue weighted by Gasteiger charge is 2.25. The molecule has 9 heteroatoms. The lowest BCUT2D eigenvalue weighted by atomic mass is 10.1. The number of anilines is 1. The first-order chi connectivity index (χ1) is 13.1. The summed E-state index contributed by atoms with van der Waals surface area (Å²) in [7, 11) is -3.56. The number of hydrogen-bond acceptors (Lipinski definition) is 5. The van der Waals surface area contributed by atoms with E-state index in [1.165, 1.54) is 10.4 Å². The molecule has 0 radical (unpaired) electrons. The van der Waals surface area contributed by atoms with Crippen molar-refractivity contribution in [3.63, 3.8) is 0 Å². The summed E-state index contributed by atoms with van der Waals surface area (Å²) in [5.74, 6) is -0.512. The lowest BCUT2D eigenvalue weighted by Gasteiger charge is -2.21. The van der Waals surface area contributed by atoms with Gasteiger partial charge in [0.15, 0.2) is 0 Å². The number of carbonyl (C=O) groups excluding carboxylic acids is 2. The molecular weight excluding hydrogens is 380 g/mol. The van der Waals surface area contributed by atoms with Crippen molar-refractivity contribution in [2.24, 2.45) is 0 Å². The van der Waals surface area contributed by atoms with Crippen molar-refractivity contribution in [2.75, 3.05) is 25.0 Å². The van der Waals surface area contributed by atoms with Crippen molar-refractivity contribution in [3.05, 3.63) is 24.3 Å². The molecular formula is C19H30N4O4S. The summed E-state index contributed by atoms with van der Waals surface area (Å²) in [4.78, 5) is 23.8. The van der Waals surface area contributed by atoms with E-state index < -0.39 is 27.5 Å². The molecule has 156 valence electrons. The van der Waals surface area contributed by atoms with Crippen molar-refractivity contribution in [3.8, 4) is 0 Å². The zero-order chi connectivity index (χ0) is 20.8. The van der Waals surface area contributed by atoms with E-state index in [0.29, 0.717) is 18.8 Å². The van der Waals surface area contributed by atoms with Crippen LogP contribution in [0.3, 0.4) is 0 Å². The predicted molar refractivity (Wildman–Crippen MR) is 109 cm³/mol. The maximum atomic E-state index is 12.9. The number of urea groups is 1. The molecule has 28 heavy (non-hydrogen) atoms. The van der Waals surface area contributed by atoms with Gasteiger partial charge in [0.1, 0.15) is 0 Å². The average Bonchev–Trinajstić information content (AvgIpc) is 2.88. The van der Waals surface area contributed by atoms with E-state index in [-0.39, 0.29) is 11.4 Å². The van der Waals surface area contributed by atoms with E-state index in [1.807, 2.05) is 20.8 Å². The highest BCUT2D eigenvalue weighted by atomic mass is 32.2. The Morgan fingerprint density at radius 1 is 1.07 bits per heavy atom. The average molecular weight is 411 g/mol. The van der Waals surface area contributed by atoms with Gasteiger partial charge in [0, 0.05) is 24.3 Å². The van der Waals surface area contributed by atoms with Gasteiger partial charge in [-0.15, -0.1) is 0 Å². The van der Waals surface area contributed by atoms with Gasteiger partial charge in [-0.3, -0.25) is 10.1 Å². The smallest absolute Gasteiger partial charge is 0.321 e. The molecule has 0 atom stereocenters. The van der Waals surface area contributed by atoms with Crippen molar-refractivity contribution in [2.45, 2.75) is 56.9 Å². The fraction of sp³-hybridized carbons (Fsp3) is 0.579. The molecule has 1 aromatic rings. The Kier molecular flexibility index (Phi) is 7.42. The molecule has 3 amide bonds. The number of nitrogens with zero attached hydrogens (tertiary/aromatic N) is 1. The van der Waals surface area contributed by atoms with Gasteiger partial charge >= 0.3 is 6.03 Å². The molecule has 2 rings (SSSR count). The third-order valence-electron chi connectivity index (χ3n) is 4.23. The Hall–Kier alpha value is -2.13. The molecule has 0 saturated carbocycles. The molecule has 3 N–H and O–H groups in total. The zero-order valence-corrected chi connectivity index (χ0v) is 17.6. The van der Waals surface area contributed by atoms with E-state index in [1.54, 1.807) is 18.2 Å². The number of sulfonamides is 1. The summed E-state index contributed by atoms with van der Waals surface area (Å²) >= 11 is 0. The number of nitrogens with one attached hydrogen (secondary N) is 3. The van der Waals surface area contributed by atoms with Crippen LogP contribution in [0.15, 0.2) is 29.2 Å². The molecule has 0 unspecified atom stereocenters. The summed E-state index contributed by atoms with van der Waals surface area (Å²) < 4.78 is 27.3. The van der Waals surface area contributed by atoms with Crippen LogP contribution in [0.2, 0.25) is 0 Å². The van der Waals surface area contributed by atoms with Crippen LogP contribution >= 0.6 is 0 Å². The number of carbonyl (C=O) groups is 2. The standard InChI is InChI=1S/C19H30N4O4S/c1-19(2,3)22-18(25)21-17(24)14-20-15-9-8-10-16(13-15)28(26,27)23-11-6-4-5-7-12-23/h8-10,13,20H,4-7,11-12,14H2,1-3H3,(H2,21,22,24,25). The molecule has 0 aliphatic carbocycles. The molecule has 1 aliphatic heterocycles. The van der Waals surface area contributed by atoms with E-state index in [4.69, 9.17) is 0 Å². The second-order valence-corrected chi connectivity index (χ2v) is 9.89. The number of amides is 3. The Morgan fingerprint density at radius 2 is 1.71 bits per heavy atom. The molecule has 1 saturated heterocycles. The van der Waals surface area contributed by atoms with Crippen LogP contribution in [0.4, 0.5) is 10.5 Å². The Balaban J connectivity index is 1.97. The normalized spacial score (nSPS) is 16.1. The molecule has 0 aromatic heterocycles. The van der Waals surface area contributed by atoms with Crippen molar-refractivity contribution >= 4 is 27.6 Å². The van der Waals surface area contributed by atoms with Crippen LogP contribution in [0.25, 0.3) is 0 Å². The van der Waals surface area contributed by atoms with E-state index >= 15 is 0 Å². The monoisotopic (exact) mass is 410 g/mol. The second kappa shape index (κ2) is 9.38. The van der Waals surface area contributed by atoms with Crippen molar-refractivity contribution < 1.29 is 18.0 Å². The van der Waals surface area contributed by atoms with Gasteiger partial charge in [-0.25, -0.2) is 13.2 Å².